The number of hydrogen-bond donors (Lipinski definition) is 1. The van der Waals surface area contributed by atoms with E-state index in [0.29, 0.717) is 6.04 Å². The Kier molecular flexibility index (Phi) is 4.52. The Labute approximate surface area is 128 Å². The van der Waals surface area contributed by atoms with Crippen LogP contribution in [-0.4, -0.2) is 9.78 Å². The van der Waals surface area contributed by atoms with Crippen molar-refractivity contribution >= 4 is 0 Å². The summed E-state index contributed by atoms with van der Waals surface area (Å²) in [4.78, 5) is 0. The van der Waals surface area contributed by atoms with Crippen LogP contribution in [0, 0.1) is 0 Å². The van der Waals surface area contributed by atoms with Crippen LogP contribution in [0.5, 0.6) is 0 Å². The second-order valence-corrected chi connectivity index (χ2v) is 6.93. The molecule has 0 saturated carbocycles. The van der Waals surface area contributed by atoms with Crippen molar-refractivity contribution in [2.45, 2.75) is 52.1 Å². The summed E-state index contributed by atoms with van der Waals surface area (Å²) in [5.74, 6) is 0. The van der Waals surface area contributed by atoms with E-state index in [-0.39, 0.29) is 11.5 Å². The zero-order chi connectivity index (χ0) is 15.6. The number of nitrogens with zero attached hydrogens (tertiary/aromatic N) is 2. The lowest BCUT2D eigenvalue weighted by Crippen LogP contribution is -2.22. The quantitative estimate of drug-likeness (QED) is 0.915. The lowest BCUT2D eigenvalue weighted by Gasteiger charge is -2.22. The molecular formula is C18H27N3. The molecule has 3 nitrogen and oxygen atoms in total. The number of rotatable bonds is 4. The van der Waals surface area contributed by atoms with Gasteiger partial charge in [0, 0.05) is 30.9 Å². The number of nitrogens with one attached hydrogen (secondary N) is 1. The van der Waals surface area contributed by atoms with Gasteiger partial charge in [-0.05, 0) is 30.4 Å². The first-order valence-electron chi connectivity index (χ1n) is 7.62. The van der Waals surface area contributed by atoms with Gasteiger partial charge in [-0.25, -0.2) is 0 Å². The van der Waals surface area contributed by atoms with Gasteiger partial charge >= 0.3 is 0 Å². The Morgan fingerprint density at radius 1 is 1.00 bits per heavy atom. The molecule has 0 aliphatic carbocycles. The number of hydrogen-bond acceptors (Lipinski definition) is 2. The molecule has 0 amide bonds. The van der Waals surface area contributed by atoms with Crippen LogP contribution in [0.15, 0.2) is 36.7 Å². The van der Waals surface area contributed by atoms with Gasteiger partial charge in [0.15, 0.2) is 0 Å². The second-order valence-electron chi connectivity index (χ2n) is 6.93. The van der Waals surface area contributed by atoms with Gasteiger partial charge in [0.25, 0.3) is 0 Å². The van der Waals surface area contributed by atoms with Crippen molar-refractivity contribution in [2.24, 2.45) is 7.05 Å². The van der Waals surface area contributed by atoms with Crippen molar-refractivity contribution in [1.82, 2.24) is 15.1 Å². The minimum absolute atomic E-state index is 0.207. The number of benzene rings is 1. The van der Waals surface area contributed by atoms with E-state index in [2.05, 4.69) is 75.5 Å². The highest BCUT2D eigenvalue weighted by molar-refractivity contribution is 5.29. The fourth-order valence-electron chi connectivity index (χ4n) is 2.50. The molecule has 0 fully saturated rings. The highest BCUT2D eigenvalue weighted by atomic mass is 15.2. The van der Waals surface area contributed by atoms with Crippen molar-refractivity contribution in [3.05, 3.63) is 53.3 Å². The van der Waals surface area contributed by atoms with Gasteiger partial charge in [0.2, 0.25) is 0 Å². The van der Waals surface area contributed by atoms with Gasteiger partial charge in [-0.1, -0.05) is 45.0 Å². The molecule has 2 unspecified atom stereocenters. The van der Waals surface area contributed by atoms with Crippen LogP contribution in [0.2, 0.25) is 0 Å². The van der Waals surface area contributed by atoms with Crippen molar-refractivity contribution in [3.63, 3.8) is 0 Å². The van der Waals surface area contributed by atoms with E-state index in [1.165, 1.54) is 16.7 Å². The molecule has 1 aromatic carbocycles. The third-order valence-corrected chi connectivity index (χ3v) is 4.00. The molecule has 1 heterocycles. The lowest BCUT2D eigenvalue weighted by molar-refractivity contribution is 0.494. The topological polar surface area (TPSA) is 29.9 Å². The highest BCUT2D eigenvalue weighted by Gasteiger charge is 2.15. The van der Waals surface area contributed by atoms with E-state index in [9.17, 15) is 0 Å². The number of aryl methyl sites for hydroxylation is 1. The summed E-state index contributed by atoms with van der Waals surface area (Å²) in [5.41, 5.74) is 4.12. The average molecular weight is 285 g/mol. The van der Waals surface area contributed by atoms with E-state index in [4.69, 9.17) is 0 Å². The van der Waals surface area contributed by atoms with Crippen LogP contribution in [-0.2, 0) is 12.5 Å². The first-order valence-corrected chi connectivity index (χ1v) is 7.62. The second kappa shape index (κ2) is 6.02. The minimum Gasteiger partial charge on any atom is -0.304 e. The monoisotopic (exact) mass is 285 g/mol. The predicted molar refractivity (Wildman–Crippen MR) is 88.3 cm³/mol. The predicted octanol–water partition coefficient (Wildman–Crippen LogP) is 4.13. The van der Waals surface area contributed by atoms with E-state index in [1.807, 2.05) is 17.9 Å². The van der Waals surface area contributed by atoms with Crippen molar-refractivity contribution in [1.29, 1.82) is 0 Å². The van der Waals surface area contributed by atoms with Crippen LogP contribution in [0.3, 0.4) is 0 Å². The third kappa shape index (κ3) is 3.94. The molecule has 0 bridgehead atoms. The minimum atomic E-state index is 0.207. The van der Waals surface area contributed by atoms with Gasteiger partial charge in [-0.2, -0.15) is 5.10 Å². The Bertz CT molecular complexity index is 575. The van der Waals surface area contributed by atoms with Crippen LogP contribution < -0.4 is 5.32 Å². The summed E-state index contributed by atoms with van der Waals surface area (Å²) in [6, 6.07) is 9.54. The van der Waals surface area contributed by atoms with Crippen molar-refractivity contribution < 1.29 is 0 Å². The molecule has 2 atom stereocenters. The molecule has 0 saturated heterocycles. The molecule has 0 aliphatic rings. The summed E-state index contributed by atoms with van der Waals surface area (Å²) < 4.78 is 1.84. The van der Waals surface area contributed by atoms with Gasteiger partial charge in [0.05, 0.1) is 6.20 Å². The van der Waals surface area contributed by atoms with E-state index < -0.39 is 0 Å². The molecule has 0 spiro atoms. The summed E-state index contributed by atoms with van der Waals surface area (Å²) in [7, 11) is 1.95. The Morgan fingerprint density at radius 3 is 2.05 bits per heavy atom. The lowest BCUT2D eigenvalue weighted by atomic mass is 9.86. The maximum Gasteiger partial charge on any atom is 0.0537 e. The first-order chi connectivity index (χ1) is 9.77. The van der Waals surface area contributed by atoms with Crippen LogP contribution in [0.4, 0.5) is 0 Å². The zero-order valence-corrected chi connectivity index (χ0v) is 14.0. The van der Waals surface area contributed by atoms with E-state index in [0.717, 1.165) is 0 Å². The molecule has 2 rings (SSSR count). The van der Waals surface area contributed by atoms with Gasteiger partial charge < -0.3 is 5.32 Å². The van der Waals surface area contributed by atoms with Crippen molar-refractivity contribution in [2.75, 3.05) is 0 Å². The summed E-state index contributed by atoms with van der Waals surface area (Å²) in [6.45, 7) is 11.1. The largest absolute Gasteiger partial charge is 0.304 e. The maximum absolute atomic E-state index is 4.23. The molecule has 2 aromatic rings. The van der Waals surface area contributed by atoms with Crippen LogP contribution in [0.25, 0.3) is 0 Å². The molecule has 1 N–H and O–H groups in total. The Morgan fingerprint density at radius 2 is 1.57 bits per heavy atom. The summed E-state index contributed by atoms with van der Waals surface area (Å²) >= 11 is 0. The molecule has 114 valence electrons. The summed E-state index contributed by atoms with van der Waals surface area (Å²) in [6.07, 6.45) is 3.99. The zero-order valence-electron chi connectivity index (χ0n) is 14.0. The Hall–Kier alpha value is -1.61. The molecule has 0 radical (unpaired) electrons. The first kappa shape index (κ1) is 15.8. The van der Waals surface area contributed by atoms with Crippen LogP contribution in [0.1, 0.15) is 63.4 Å². The molecule has 3 heteroatoms. The molecule has 0 aliphatic heterocycles. The standard InChI is InChI=1S/C18H27N3/c1-13(20-14(2)16-11-19-21(6)12-16)15-7-9-17(10-8-15)18(3,4)5/h7-14,20H,1-6H3. The van der Waals surface area contributed by atoms with Gasteiger partial charge in [0.1, 0.15) is 0 Å². The Balaban J connectivity index is 2.04. The van der Waals surface area contributed by atoms with Gasteiger partial charge in [-0.3, -0.25) is 4.68 Å². The highest BCUT2D eigenvalue weighted by Crippen LogP contribution is 2.25. The summed E-state index contributed by atoms with van der Waals surface area (Å²) in [5, 5.41) is 7.86. The van der Waals surface area contributed by atoms with Crippen LogP contribution >= 0.6 is 0 Å². The van der Waals surface area contributed by atoms with E-state index in [1.54, 1.807) is 0 Å². The fraction of sp³-hybridized carbons (Fsp3) is 0.500. The SMILES string of the molecule is CC(NC(C)c1cnn(C)c1)c1ccc(C(C)(C)C)cc1. The van der Waals surface area contributed by atoms with E-state index >= 15 is 0 Å². The average Bonchev–Trinajstić information content (AvgIpc) is 2.84. The maximum atomic E-state index is 4.23. The van der Waals surface area contributed by atoms with Crippen molar-refractivity contribution in [3.8, 4) is 0 Å². The smallest absolute Gasteiger partial charge is 0.0537 e. The normalized spacial score (nSPS) is 15.0. The fourth-order valence-corrected chi connectivity index (χ4v) is 2.50. The third-order valence-electron chi connectivity index (χ3n) is 4.00. The molecule has 21 heavy (non-hydrogen) atoms. The number of aromatic nitrogens is 2. The molecule has 1 aromatic heterocycles. The molecular weight excluding hydrogens is 258 g/mol. The van der Waals surface area contributed by atoms with Gasteiger partial charge in [-0.15, -0.1) is 0 Å².